The first kappa shape index (κ1) is 13.7. The lowest BCUT2D eigenvalue weighted by Gasteiger charge is -2.04. The predicted molar refractivity (Wildman–Crippen MR) is 87.4 cm³/mol. The maximum Gasteiger partial charge on any atom is 0.115 e. The third kappa shape index (κ3) is 2.78. The minimum atomic E-state index is 0.607. The van der Waals surface area contributed by atoms with Gasteiger partial charge < -0.3 is 5.73 Å². The molecular formula is C17H16ClN3. The molecule has 0 fully saturated rings. The van der Waals surface area contributed by atoms with Crippen LogP contribution in [-0.4, -0.2) is 9.78 Å². The summed E-state index contributed by atoms with van der Waals surface area (Å²) < 4.78 is 1.83. The van der Waals surface area contributed by atoms with Crippen molar-refractivity contribution in [2.45, 2.75) is 13.5 Å². The highest BCUT2D eigenvalue weighted by Gasteiger charge is 2.11. The Labute approximate surface area is 129 Å². The molecule has 2 N–H and O–H groups in total. The van der Waals surface area contributed by atoms with Gasteiger partial charge in [-0.1, -0.05) is 54.1 Å². The quantitative estimate of drug-likeness (QED) is 0.789. The van der Waals surface area contributed by atoms with E-state index < -0.39 is 0 Å². The van der Waals surface area contributed by atoms with Crippen molar-refractivity contribution in [3.05, 3.63) is 70.9 Å². The van der Waals surface area contributed by atoms with Crippen LogP contribution in [0.2, 0.25) is 5.02 Å². The molecule has 0 unspecified atom stereocenters. The molecule has 3 nitrogen and oxygen atoms in total. The van der Waals surface area contributed by atoms with Crippen LogP contribution in [-0.2, 0) is 6.54 Å². The molecule has 2 aromatic carbocycles. The molecule has 0 aliphatic rings. The van der Waals surface area contributed by atoms with Crippen LogP contribution < -0.4 is 5.73 Å². The van der Waals surface area contributed by atoms with Crippen LogP contribution in [0, 0.1) is 6.92 Å². The Kier molecular flexibility index (Phi) is 3.67. The number of nitrogens with two attached hydrogens (primary N) is 1. The summed E-state index contributed by atoms with van der Waals surface area (Å²) in [6, 6.07) is 15.9. The zero-order valence-corrected chi connectivity index (χ0v) is 12.5. The number of nitrogen functional groups attached to an aromatic ring is 1. The lowest BCUT2D eigenvalue weighted by atomic mass is 10.1. The normalized spacial score (nSPS) is 10.8. The van der Waals surface area contributed by atoms with Gasteiger partial charge in [0.15, 0.2) is 0 Å². The molecule has 0 amide bonds. The van der Waals surface area contributed by atoms with E-state index in [-0.39, 0.29) is 0 Å². The molecular weight excluding hydrogens is 282 g/mol. The predicted octanol–water partition coefficient (Wildman–Crippen LogP) is 4.14. The standard InChI is InChI=1S/C17H16ClN3/c1-12-6-2-4-8-14(12)17-16(19)11-21(20-17)10-13-7-3-5-9-15(13)18/h2-9,11H,10,19H2,1H3. The fourth-order valence-corrected chi connectivity index (χ4v) is 2.56. The summed E-state index contributed by atoms with van der Waals surface area (Å²) >= 11 is 6.19. The van der Waals surface area contributed by atoms with Gasteiger partial charge in [-0.2, -0.15) is 5.10 Å². The van der Waals surface area contributed by atoms with Crippen molar-refractivity contribution < 1.29 is 0 Å². The van der Waals surface area contributed by atoms with Gasteiger partial charge in [-0.3, -0.25) is 4.68 Å². The molecule has 0 bridgehead atoms. The molecule has 0 aliphatic heterocycles. The molecule has 0 saturated carbocycles. The molecule has 1 aromatic heterocycles. The van der Waals surface area contributed by atoms with Gasteiger partial charge in [0, 0.05) is 16.8 Å². The molecule has 0 spiro atoms. The zero-order chi connectivity index (χ0) is 14.8. The second-order valence-corrected chi connectivity index (χ2v) is 5.44. The summed E-state index contributed by atoms with van der Waals surface area (Å²) in [5.41, 5.74) is 10.9. The van der Waals surface area contributed by atoms with Gasteiger partial charge in [0.25, 0.3) is 0 Å². The van der Waals surface area contributed by atoms with Crippen molar-refractivity contribution in [3.8, 4) is 11.3 Å². The minimum absolute atomic E-state index is 0.607. The summed E-state index contributed by atoms with van der Waals surface area (Å²) in [5, 5.41) is 5.35. The van der Waals surface area contributed by atoms with Gasteiger partial charge in [-0.25, -0.2) is 0 Å². The monoisotopic (exact) mass is 297 g/mol. The number of nitrogens with zero attached hydrogens (tertiary/aromatic N) is 2. The van der Waals surface area contributed by atoms with E-state index in [1.165, 1.54) is 0 Å². The molecule has 1 heterocycles. The topological polar surface area (TPSA) is 43.8 Å². The molecule has 3 aromatic rings. The zero-order valence-electron chi connectivity index (χ0n) is 11.8. The molecule has 3 rings (SSSR count). The summed E-state index contributed by atoms with van der Waals surface area (Å²) in [5.74, 6) is 0. The average Bonchev–Trinajstić information content (AvgIpc) is 2.83. The number of halogens is 1. The van der Waals surface area contributed by atoms with E-state index in [2.05, 4.69) is 18.1 Å². The highest BCUT2D eigenvalue weighted by molar-refractivity contribution is 6.31. The van der Waals surface area contributed by atoms with Gasteiger partial charge in [0.1, 0.15) is 5.69 Å². The van der Waals surface area contributed by atoms with Crippen molar-refractivity contribution in [2.24, 2.45) is 0 Å². The molecule has 0 radical (unpaired) electrons. The third-order valence-corrected chi connectivity index (χ3v) is 3.85. The maximum absolute atomic E-state index is 6.19. The number of benzene rings is 2. The van der Waals surface area contributed by atoms with Gasteiger partial charge >= 0.3 is 0 Å². The van der Waals surface area contributed by atoms with Crippen LogP contribution in [0.3, 0.4) is 0 Å². The number of hydrogen-bond donors (Lipinski definition) is 1. The summed E-state index contributed by atoms with van der Waals surface area (Å²) in [7, 11) is 0. The van der Waals surface area contributed by atoms with Crippen LogP contribution >= 0.6 is 11.6 Å². The lowest BCUT2D eigenvalue weighted by molar-refractivity contribution is 0.689. The maximum atomic E-state index is 6.19. The van der Waals surface area contributed by atoms with Crippen LogP contribution in [0.4, 0.5) is 5.69 Å². The molecule has 106 valence electrons. The van der Waals surface area contributed by atoms with E-state index in [1.807, 2.05) is 53.3 Å². The minimum Gasteiger partial charge on any atom is -0.396 e. The second-order valence-electron chi connectivity index (χ2n) is 5.04. The van der Waals surface area contributed by atoms with E-state index in [4.69, 9.17) is 17.3 Å². The van der Waals surface area contributed by atoms with E-state index in [9.17, 15) is 0 Å². The number of aromatic nitrogens is 2. The number of anilines is 1. The summed E-state index contributed by atoms with van der Waals surface area (Å²) in [6.45, 7) is 2.66. The third-order valence-electron chi connectivity index (χ3n) is 3.48. The van der Waals surface area contributed by atoms with Crippen molar-refractivity contribution in [2.75, 3.05) is 5.73 Å². The Bertz CT molecular complexity index is 777. The van der Waals surface area contributed by atoms with Crippen molar-refractivity contribution in [1.82, 2.24) is 9.78 Å². The van der Waals surface area contributed by atoms with E-state index >= 15 is 0 Å². The number of aryl methyl sites for hydroxylation is 1. The summed E-state index contributed by atoms with van der Waals surface area (Å²) in [6.07, 6.45) is 1.85. The Morgan fingerprint density at radius 2 is 1.81 bits per heavy atom. The van der Waals surface area contributed by atoms with Gasteiger partial charge in [-0.05, 0) is 24.1 Å². The highest BCUT2D eigenvalue weighted by atomic mass is 35.5. The van der Waals surface area contributed by atoms with Gasteiger partial charge in [0.2, 0.25) is 0 Å². The first-order chi connectivity index (χ1) is 10.1. The Balaban J connectivity index is 1.96. The Morgan fingerprint density at radius 3 is 2.57 bits per heavy atom. The molecule has 21 heavy (non-hydrogen) atoms. The Hall–Kier alpha value is -2.26. The van der Waals surface area contributed by atoms with Crippen LogP contribution in [0.25, 0.3) is 11.3 Å². The largest absolute Gasteiger partial charge is 0.396 e. The van der Waals surface area contributed by atoms with Crippen LogP contribution in [0.5, 0.6) is 0 Å². The smallest absolute Gasteiger partial charge is 0.115 e. The van der Waals surface area contributed by atoms with Crippen LogP contribution in [0.1, 0.15) is 11.1 Å². The first-order valence-corrected chi connectivity index (χ1v) is 7.15. The molecule has 0 atom stereocenters. The second kappa shape index (κ2) is 5.62. The average molecular weight is 298 g/mol. The molecule has 4 heteroatoms. The number of rotatable bonds is 3. The fourth-order valence-electron chi connectivity index (χ4n) is 2.37. The van der Waals surface area contributed by atoms with E-state index in [0.29, 0.717) is 12.2 Å². The Morgan fingerprint density at radius 1 is 1.10 bits per heavy atom. The van der Waals surface area contributed by atoms with Crippen LogP contribution in [0.15, 0.2) is 54.7 Å². The fraction of sp³-hybridized carbons (Fsp3) is 0.118. The van der Waals surface area contributed by atoms with Crippen molar-refractivity contribution >= 4 is 17.3 Å². The van der Waals surface area contributed by atoms with E-state index in [1.54, 1.807) is 0 Å². The van der Waals surface area contributed by atoms with E-state index in [0.717, 1.165) is 27.4 Å². The number of hydrogen-bond acceptors (Lipinski definition) is 2. The summed E-state index contributed by atoms with van der Waals surface area (Å²) in [4.78, 5) is 0. The highest BCUT2D eigenvalue weighted by Crippen LogP contribution is 2.27. The SMILES string of the molecule is Cc1ccccc1-c1nn(Cc2ccccc2Cl)cc1N. The van der Waals surface area contributed by atoms with Crippen molar-refractivity contribution in [3.63, 3.8) is 0 Å². The first-order valence-electron chi connectivity index (χ1n) is 6.77. The van der Waals surface area contributed by atoms with Gasteiger partial charge in [-0.15, -0.1) is 0 Å². The van der Waals surface area contributed by atoms with Gasteiger partial charge in [0.05, 0.1) is 12.2 Å². The van der Waals surface area contributed by atoms with Crippen molar-refractivity contribution in [1.29, 1.82) is 0 Å². The molecule has 0 aliphatic carbocycles. The molecule has 0 saturated heterocycles. The lowest BCUT2D eigenvalue weighted by Crippen LogP contribution is -2.01.